The maximum atomic E-state index is 10.8. The zero-order valence-electron chi connectivity index (χ0n) is 9.44. The Kier molecular flexibility index (Phi) is 3.10. The Balaban J connectivity index is 1.79. The smallest absolute Gasteiger partial charge is 0.143 e. The Morgan fingerprint density at radius 3 is 2.62 bits per heavy atom. The van der Waals surface area contributed by atoms with Gasteiger partial charge in [0.05, 0.1) is 6.54 Å². The summed E-state index contributed by atoms with van der Waals surface area (Å²) in [7, 11) is 0. The van der Waals surface area contributed by atoms with E-state index >= 15 is 0 Å². The molecule has 0 amide bonds. The summed E-state index contributed by atoms with van der Waals surface area (Å²) in [5.74, 6) is 0.186. The van der Waals surface area contributed by atoms with E-state index in [4.69, 9.17) is 5.73 Å². The van der Waals surface area contributed by atoms with Crippen molar-refractivity contribution in [3.63, 3.8) is 0 Å². The van der Waals surface area contributed by atoms with Gasteiger partial charge in [-0.25, -0.2) is 0 Å². The van der Waals surface area contributed by atoms with Crippen LogP contribution in [-0.4, -0.2) is 31.5 Å². The third-order valence-electron chi connectivity index (χ3n) is 2.78. The summed E-state index contributed by atoms with van der Waals surface area (Å²) in [6.45, 7) is 3.98. The van der Waals surface area contributed by atoms with Crippen LogP contribution in [0.25, 0.3) is 0 Å². The lowest BCUT2D eigenvalue weighted by molar-refractivity contribution is -0.116. The fourth-order valence-corrected chi connectivity index (χ4v) is 1.79. The molecule has 16 heavy (non-hydrogen) atoms. The van der Waals surface area contributed by atoms with Gasteiger partial charge >= 0.3 is 0 Å². The first-order chi connectivity index (χ1) is 7.65. The molecule has 0 bridgehead atoms. The van der Waals surface area contributed by atoms with Crippen LogP contribution in [0.5, 0.6) is 0 Å². The molecule has 1 heterocycles. The van der Waals surface area contributed by atoms with Crippen LogP contribution in [0.15, 0.2) is 24.3 Å². The Morgan fingerprint density at radius 1 is 1.44 bits per heavy atom. The van der Waals surface area contributed by atoms with E-state index in [0.29, 0.717) is 12.6 Å². The highest BCUT2D eigenvalue weighted by Crippen LogP contribution is 2.21. The van der Waals surface area contributed by atoms with Crippen molar-refractivity contribution in [2.75, 3.05) is 30.3 Å². The maximum absolute atomic E-state index is 10.8. The number of nitrogens with two attached hydrogens (primary N) is 1. The first-order valence-electron chi connectivity index (χ1n) is 5.48. The lowest BCUT2D eigenvalue weighted by Crippen LogP contribution is -2.58. The Bertz CT molecular complexity index is 368. The number of ketones is 1. The van der Waals surface area contributed by atoms with Crippen molar-refractivity contribution in [1.29, 1.82) is 0 Å². The number of nitrogens with one attached hydrogen (secondary N) is 1. The van der Waals surface area contributed by atoms with Crippen molar-refractivity contribution >= 4 is 17.2 Å². The average Bonchev–Trinajstić information content (AvgIpc) is 2.18. The molecule has 1 aliphatic rings. The van der Waals surface area contributed by atoms with Crippen molar-refractivity contribution in [2.24, 2.45) is 0 Å². The minimum Gasteiger partial charge on any atom is -0.399 e. The number of benzene rings is 1. The second kappa shape index (κ2) is 4.53. The maximum Gasteiger partial charge on any atom is 0.143 e. The molecule has 1 aromatic carbocycles. The fourth-order valence-electron chi connectivity index (χ4n) is 1.79. The number of hydrogen-bond acceptors (Lipinski definition) is 4. The van der Waals surface area contributed by atoms with Crippen LogP contribution in [0, 0.1) is 0 Å². The summed E-state index contributed by atoms with van der Waals surface area (Å²) in [5, 5.41) is 3.21. The summed E-state index contributed by atoms with van der Waals surface area (Å²) >= 11 is 0. The zero-order chi connectivity index (χ0) is 11.5. The van der Waals surface area contributed by atoms with Crippen molar-refractivity contribution in [3.05, 3.63) is 24.3 Å². The van der Waals surface area contributed by atoms with Gasteiger partial charge in [-0.3, -0.25) is 4.79 Å². The molecule has 1 aromatic rings. The first-order valence-corrected chi connectivity index (χ1v) is 5.48. The molecule has 0 saturated carbocycles. The van der Waals surface area contributed by atoms with Crippen LogP contribution < -0.4 is 16.0 Å². The monoisotopic (exact) mass is 219 g/mol. The molecule has 1 aliphatic heterocycles. The normalized spacial score (nSPS) is 15.9. The number of carbonyl (C=O) groups is 1. The standard InChI is InChI=1S/C12H17N3O/c1-9(16)6-14-11-7-15(8-11)12-4-2-10(13)3-5-12/h2-5,11,14H,6-8,13H2,1H3. The molecule has 0 aliphatic carbocycles. The van der Waals surface area contributed by atoms with Gasteiger partial charge < -0.3 is 16.0 Å². The highest BCUT2D eigenvalue weighted by molar-refractivity contribution is 5.77. The summed E-state index contributed by atoms with van der Waals surface area (Å²) < 4.78 is 0. The van der Waals surface area contributed by atoms with Gasteiger partial charge in [0.1, 0.15) is 5.78 Å². The van der Waals surface area contributed by atoms with Crippen LogP contribution in [0.3, 0.4) is 0 Å². The highest BCUT2D eigenvalue weighted by atomic mass is 16.1. The number of Topliss-reactive ketones (excluding diaryl/α,β-unsaturated/α-hetero) is 1. The number of nitrogens with zero attached hydrogens (tertiary/aromatic N) is 1. The molecular formula is C12H17N3O. The number of carbonyl (C=O) groups excluding carboxylic acids is 1. The summed E-state index contributed by atoms with van der Waals surface area (Å²) in [5.41, 5.74) is 7.60. The predicted molar refractivity (Wildman–Crippen MR) is 65.5 cm³/mol. The first kappa shape index (κ1) is 11.0. The van der Waals surface area contributed by atoms with E-state index in [1.54, 1.807) is 6.92 Å². The Hall–Kier alpha value is -1.55. The number of hydrogen-bond donors (Lipinski definition) is 2. The highest BCUT2D eigenvalue weighted by Gasteiger charge is 2.26. The topological polar surface area (TPSA) is 58.4 Å². The van der Waals surface area contributed by atoms with Gasteiger partial charge in [-0.1, -0.05) is 0 Å². The number of rotatable bonds is 4. The molecule has 86 valence electrons. The molecule has 1 fully saturated rings. The molecular weight excluding hydrogens is 202 g/mol. The number of nitrogen functional groups attached to an aromatic ring is 1. The lowest BCUT2D eigenvalue weighted by atomic mass is 10.1. The van der Waals surface area contributed by atoms with E-state index < -0.39 is 0 Å². The van der Waals surface area contributed by atoms with E-state index in [1.165, 1.54) is 5.69 Å². The van der Waals surface area contributed by atoms with Crippen molar-refractivity contribution in [3.8, 4) is 0 Å². The van der Waals surface area contributed by atoms with E-state index in [1.807, 2.05) is 24.3 Å². The predicted octanol–water partition coefficient (Wildman–Crippen LogP) is 0.636. The molecule has 0 aromatic heterocycles. The largest absolute Gasteiger partial charge is 0.399 e. The molecule has 0 atom stereocenters. The Morgan fingerprint density at radius 2 is 2.06 bits per heavy atom. The van der Waals surface area contributed by atoms with Crippen LogP contribution in [0.1, 0.15) is 6.92 Å². The van der Waals surface area contributed by atoms with Gasteiger partial charge in [0.15, 0.2) is 0 Å². The van der Waals surface area contributed by atoms with Crippen LogP contribution in [0.2, 0.25) is 0 Å². The van der Waals surface area contributed by atoms with Gasteiger partial charge in [-0.15, -0.1) is 0 Å². The van der Waals surface area contributed by atoms with Gasteiger partial charge in [-0.05, 0) is 31.2 Å². The number of anilines is 2. The third-order valence-corrected chi connectivity index (χ3v) is 2.78. The summed E-state index contributed by atoms with van der Waals surface area (Å²) in [6.07, 6.45) is 0. The van der Waals surface area contributed by atoms with Crippen molar-refractivity contribution < 1.29 is 4.79 Å². The lowest BCUT2D eigenvalue weighted by Gasteiger charge is -2.41. The summed E-state index contributed by atoms with van der Waals surface area (Å²) in [4.78, 5) is 13.0. The van der Waals surface area contributed by atoms with E-state index in [9.17, 15) is 4.79 Å². The van der Waals surface area contributed by atoms with E-state index in [-0.39, 0.29) is 5.78 Å². The summed E-state index contributed by atoms with van der Waals surface area (Å²) in [6, 6.07) is 8.30. The van der Waals surface area contributed by atoms with Crippen LogP contribution in [-0.2, 0) is 4.79 Å². The molecule has 1 saturated heterocycles. The fraction of sp³-hybridized carbons (Fsp3) is 0.417. The average molecular weight is 219 g/mol. The molecule has 2 rings (SSSR count). The molecule has 0 spiro atoms. The van der Waals surface area contributed by atoms with Gasteiger partial charge in [0.2, 0.25) is 0 Å². The SMILES string of the molecule is CC(=O)CNC1CN(c2ccc(N)cc2)C1. The molecule has 4 nitrogen and oxygen atoms in total. The van der Waals surface area contributed by atoms with Crippen LogP contribution >= 0.6 is 0 Å². The second-order valence-corrected chi connectivity index (χ2v) is 4.28. The van der Waals surface area contributed by atoms with Crippen LogP contribution in [0.4, 0.5) is 11.4 Å². The molecule has 0 unspecified atom stereocenters. The van der Waals surface area contributed by atoms with E-state index in [2.05, 4.69) is 10.2 Å². The molecule has 4 heteroatoms. The van der Waals surface area contributed by atoms with E-state index in [0.717, 1.165) is 18.8 Å². The minimum atomic E-state index is 0.186. The Labute approximate surface area is 95.4 Å². The van der Waals surface area contributed by atoms with Gasteiger partial charge in [0, 0.05) is 30.5 Å². The molecule has 0 radical (unpaired) electrons. The van der Waals surface area contributed by atoms with Gasteiger partial charge in [0.25, 0.3) is 0 Å². The third kappa shape index (κ3) is 2.52. The molecule has 3 N–H and O–H groups in total. The zero-order valence-corrected chi connectivity index (χ0v) is 9.44. The van der Waals surface area contributed by atoms with Crippen molar-refractivity contribution in [2.45, 2.75) is 13.0 Å². The second-order valence-electron chi connectivity index (χ2n) is 4.28. The quantitative estimate of drug-likeness (QED) is 0.729. The minimum absolute atomic E-state index is 0.186. The van der Waals surface area contributed by atoms with Crippen molar-refractivity contribution in [1.82, 2.24) is 5.32 Å². The van der Waals surface area contributed by atoms with Gasteiger partial charge in [-0.2, -0.15) is 0 Å².